The van der Waals surface area contributed by atoms with E-state index in [9.17, 15) is 4.79 Å². The minimum atomic E-state index is -0.453. The molecule has 5 heteroatoms. The third-order valence-corrected chi connectivity index (χ3v) is 5.51. The van der Waals surface area contributed by atoms with Gasteiger partial charge in [0.1, 0.15) is 11.6 Å². The van der Waals surface area contributed by atoms with Gasteiger partial charge in [-0.3, -0.25) is 9.91 Å². The first-order chi connectivity index (χ1) is 12.1. The second-order valence-electron chi connectivity index (χ2n) is 7.29. The van der Waals surface area contributed by atoms with Crippen LogP contribution in [-0.2, 0) is 4.74 Å². The average molecular weight is 343 g/mol. The number of cyclic esters (lactones) is 1. The maximum atomic E-state index is 12.5. The molecule has 25 heavy (non-hydrogen) atoms. The van der Waals surface area contributed by atoms with Crippen molar-refractivity contribution in [3.05, 3.63) is 30.3 Å². The van der Waals surface area contributed by atoms with Gasteiger partial charge < -0.3 is 4.74 Å². The van der Waals surface area contributed by atoms with Crippen LogP contribution < -0.4 is 5.01 Å². The molecule has 1 saturated heterocycles. The Kier molecular flexibility index (Phi) is 5.30. The number of amides is 1. The number of hydrogen-bond donors (Lipinski definition) is 0. The van der Waals surface area contributed by atoms with Gasteiger partial charge in [-0.25, -0.2) is 4.79 Å². The number of anilines is 1. The van der Waals surface area contributed by atoms with Gasteiger partial charge in [-0.05, 0) is 38.8 Å². The molecule has 1 aromatic carbocycles. The Morgan fingerprint density at radius 2 is 2.00 bits per heavy atom. The molecule has 1 fully saturated rings. The Bertz CT molecular complexity index is 619. The number of hydrogen-bond acceptors (Lipinski definition) is 4. The molecule has 5 nitrogen and oxygen atoms in total. The molecule has 136 valence electrons. The van der Waals surface area contributed by atoms with Gasteiger partial charge in [0.05, 0.1) is 24.5 Å². The van der Waals surface area contributed by atoms with Gasteiger partial charge in [-0.1, -0.05) is 44.4 Å². The molecular formula is C20H29N3O2. The topological polar surface area (TPSA) is 45.1 Å². The molecule has 0 aromatic heterocycles. The molecule has 1 amide bonds. The van der Waals surface area contributed by atoms with Crippen molar-refractivity contribution in [2.45, 2.75) is 70.6 Å². The van der Waals surface area contributed by atoms with E-state index in [1.54, 1.807) is 0 Å². The number of hydrazone groups is 1. The molecule has 3 rings (SSSR count). The molecule has 0 N–H and O–H groups in total. The number of unbranched alkanes of at least 4 members (excludes halogenated alkanes) is 3. The quantitative estimate of drug-likeness (QED) is 0.688. The van der Waals surface area contributed by atoms with Crippen LogP contribution in [0.15, 0.2) is 35.4 Å². The molecule has 0 bridgehead atoms. The molecule has 2 aliphatic rings. The van der Waals surface area contributed by atoms with E-state index in [1.165, 1.54) is 19.3 Å². The van der Waals surface area contributed by atoms with Crippen molar-refractivity contribution >= 4 is 18.0 Å². The van der Waals surface area contributed by atoms with Crippen molar-refractivity contribution in [2.75, 3.05) is 11.6 Å². The molecule has 3 unspecified atom stereocenters. The average Bonchev–Trinajstić information content (AvgIpc) is 3.14. The zero-order valence-corrected chi connectivity index (χ0v) is 15.5. The summed E-state index contributed by atoms with van der Waals surface area (Å²) < 4.78 is 5.63. The summed E-state index contributed by atoms with van der Waals surface area (Å²) in [7, 11) is 0. The number of para-hydroxylation sites is 1. The predicted octanol–water partition coefficient (Wildman–Crippen LogP) is 4.43. The second-order valence-corrected chi connectivity index (χ2v) is 7.29. The standard InChI is InChI=1S/C20H29N3O2/c1-4-5-6-10-13-18-14-22(19(24)25-18)20(3)15-21-23(16(20)2)17-11-8-7-9-12-17/h7-9,11-12,15-16,18H,4-6,10,13-14H2,1-3H3. The molecule has 0 saturated carbocycles. The van der Waals surface area contributed by atoms with Gasteiger partial charge in [0.2, 0.25) is 0 Å². The summed E-state index contributed by atoms with van der Waals surface area (Å²) in [5.74, 6) is 0. The fraction of sp³-hybridized carbons (Fsp3) is 0.600. The van der Waals surface area contributed by atoms with Crippen LogP contribution in [0.5, 0.6) is 0 Å². The van der Waals surface area contributed by atoms with Crippen molar-refractivity contribution in [3.8, 4) is 0 Å². The Labute approximate surface area is 150 Å². The Morgan fingerprint density at radius 1 is 1.24 bits per heavy atom. The van der Waals surface area contributed by atoms with Crippen LogP contribution in [0.1, 0.15) is 52.9 Å². The van der Waals surface area contributed by atoms with E-state index in [1.807, 2.05) is 46.5 Å². The van der Waals surface area contributed by atoms with Crippen LogP contribution in [0.25, 0.3) is 0 Å². The summed E-state index contributed by atoms with van der Waals surface area (Å²) in [6, 6.07) is 10.1. The van der Waals surface area contributed by atoms with Crippen LogP contribution in [0.2, 0.25) is 0 Å². The van der Waals surface area contributed by atoms with E-state index < -0.39 is 5.54 Å². The molecular weight excluding hydrogens is 314 g/mol. The van der Waals surface area contributed by atoms with E-state index in [-0.39, 0.29) is 18.2 Å². The number of carbonyl (C=O) groups excluding carboxylic acids is 1. The van der Waals surface area contributed by atoms with Gasteiger partial charge in [0.15, 0.2) is 0 Å². The van der Waals surface area contributed by atoms with E-state index in [0.717, 1.165) is 18.5 Å². The zero-order chi connectivity index (χ0) is 17.9. The van der Waals surface area contributed by atoms with Crippen molar-refractivity contribution in [1.29, 1.82) is 0 Å². The third kappa shape index (κ3) is 3.51. The summed E-state index contributed by atoms with van der Waals surface area (Å²) in [6.45, 7) is 7.05. The molecule has 0 radical (unpaired) electrons. The van der Waals surface area contributed by atoms with Gasteiger partial charge >= 0.3 is 6.09 Å². The van der Waals surface area contributed by atoms with E-state index >= 15 is 0 Å². The van der Waals surface area contributed by atoms with E-state index in [4.69, 9.17) is 4.74 Å². The van der Waals surface area contributed by atoms with E-state index in [2.05, 4.69) is 25.9 Å². The first kappa shape index (κ1) is 17.8. The highest BCUT2D eigenvalue weighted by Crippen LogP contribution is 2.34. The summed E-state index contributed by atoms with van der Waals surface area (Å²) in [6.07, 6.45) is 7.44. The van der Waals surface area contributed by atoms with Gasteiger partial charge in [0, 0.05) is 0 Å². The van der Waals surface area contributed by atoms with Crippen molar-refractivity contribution < 1.29 is 9.53 Å². The second kappa shape index (κ2) is 7.46. The number of carbonyl (C=O) groups is 1. The lowest BCUT2D eigenvalue weighted by Gasteiger charge is -2.37. The van der Waals surface area contributed by atoms with Crippen LogP contribution in [-0.4, -0.2) is 41.4 Å². The Balaban J connectivity index is 1.65. The number of benzene rings is 1. The number of ether oxygens (including phenoxy) is 1. The highest BCUT2D eigenvalue weighted by molar-refractivity contribution is 5.84. The van der Waals surface area contributed by atoms with Gasteiger partial charge in [0.25, 0.3) is 0 Å². The molecule has 3 atom stereocenters. The minimum absolute atomic E-state index is 0.00700. The highest BCUT2D eigenvalue weighted by Gasteiger charge is 2.50. The summed E-state index contributed by atoms with van der Waals surface area (Å²) in [5, 5.41) is 6.58. The lowest BCUT2D eigenvalue weighted by molar-refractivity contribution is 0.119. The lowest BCUT2D eigenvalue weighted by atomic mass is 9.93. The SMILES string of the molecule is CCCCCCC1CN(C2(C)C=NN(c3ccccc3)C2C)C(=O)O1. The number of nitrogens with zero attached hydrogens (tertiary/aromatic N) is 3. The van der Waals surface area contributed by atoms with Crippen molar-refractivity contribution in [2.24, 2.45) is 5.10 Å². The molecule has 0 spiro atoms. The fourth-order valence-electron chi connectivity index (χ4n) is 3.66. The molecule has 1 aromatic rings. The lowest BCUT2D eigenvalue weighted by Crippen LogP contribution is -2.56. The summed E-state index contributed by atoms with van der Waals surface area (Å²) in [5.41, 5.74) is 0.587. The highest BCUT2D eigenvalue weighted by atomic mass is 16.6. The first-order valence-electron chi connectivity index (χ1n) is 9.44. The Morgan fingerprint density at radius 3 is 2.72 bits per heavy atom. The van der Waals surface area contributed by atoms with Crippen LogP contribution in [0, 0.1) is 0 Å². The largest absolute Gasteiger partial charge is 0.444 e. The monoisotopic (exact) mass is 343 g/mol. The molecule has 2 aliphatic heterocycles. The van der Waals surface area contributed by atoms with Crippen molar-refractivity contribution in [3.63, 3.8) is 0 Å². The maximum absolute atomic E-state index is 12.5. The molecule has 2 heterocycles. The van der Waals surface area contributed by atoms with Crippen LogP contribution >= 0.6 is 0 Å². The first-order valence-corrected chi connectivity index (χ1v) is 9.44. The fourth-order valence-corrected chi connectivity index (χ4v) is 3.66. The van der Waals surface area contributed by atoms with Gasteiger partial charge in [-0.15, -0.1) is 0 Å². The van der Waals surface area contributed by atoms with Gasteiger partial charge in [-0.2, -0.15) is 5.10 Å². The minimum Gasteiger partial charge on any atom is -0.444 e. The zero-order valence-electron chi connectivity index (χ0n) is 15.5. The summed E-state index contributed by atoms with van der Waals surface area (Å²) in [4.78, 5) is 14.3. The Hall–Kier alpha value is -2.04. The maximum Gasteiger partial charge on any atom is 0.411 e. The van der Waals surface area contributed by atoms with Crippen molar-refractivity contribution in [1.82, 2.24) is 4.90 Å². The normalized spacial score (nSPS) is 28.7. The third-order valence-electron chi connectivity index (χ3n) is 5.51. The van der Waals surface area contributed by atoms with Crippen LogP contribution in [0.4, 0.5) is 10.5 Å². The van der Waals surface area contributed by atoms with E-state index in [0.29, 0.717) is 6.54 Å². The smallest absolute Gasteiger partial charge is 0.411 e. The number of rotatable bonds is 7. The predicted molar refractivity (Wildman–Crippen MR) is 101 cm³/mol. The molecule has 0 aliphatic carbocycles. The summed E-state index contributed by atoms with van der Waals surface area (Å²) >= 11 is 0. The van der Waals surface area contributed by atoms with Crippen LogP contribution in [0.3, 0.4) is 0 Å².